The lowest BCUT2D eigenvalue weighted by Gasteiger charge is -2.15. The Morgan fingerprint density at radius 3 is 2.74 bits per heavy atom. The summed E-state index contributed by atoms with van der Waals surface area (Å²) >= 11 is 7.73. The summed E-state index contributed by atoms with van der Waals surface area (Å²) in [6, 6.07) is 15.1. The molecule has 1 amide bonds. The molecule has 164 valence electrons. The Morgan fingerprint density at radius 2 is 2.00 bits per heavy atom. The first-order chi connectivity index (χ1) is 14.8. The van der Waals surface area contributed by atoms with Gasteiger partial charge in [0, 0.05) is 16.9 Å². The van der Waals surface area contributed by atoms with E-state index in [4.69, 9.17) is 11.6 Å². The van der Waals surface area contributed by atoms with E-state index in [1.807, 2.05) is 25.1 Å². The molecule has 1 fully saturated rings. The highest BCUT2D eigenvalue weighted by atomic mass is 35.5. The largest absolute Gasteiger partial charge is 0.350 e. The van der Waals surface area contributed by atoms with Crippen LogP contribution in [-0.2, 0) is 16.3 Å². The number of benzene rings is 2. The number of nitrogens with one attached hydrogen (secondary N) is 2. The number of carbonyl (C=O) groups excluding carboxylic acids is 1. The van der Waals surface area contributed by atoms with Crippen molar-refractivity contribution in [3.05, 3.63) is 64.7 Å². The number of anilines is 1. The highest BCUT2D eigenvalue weighted by Crippen LogP contribution is 2.35. The molecule has 0 aromatic heterocycles. The van der Waals surface area contributed by atoms with Gasteiger partial charge in [-0.1, -0.05) is 53.7 Å². The summed E-state index contributed by atoms with van der Waals surface area (Å²) < 4.78 is 23.5. The lowest BCUT2D eigenvalue weighted by molar-refractivity contribution is 0.0938. The lowest BCUT2D eigenvalue weighted by atomic mass is 10.1. The number of fused-ring (bicyclic) bond motifs is 1. The number of carbonyl (C=O) groups is 1. The van der Waals surface area contributed by atoms with Crippen LogP contribution in [0.4, 0.5) is 5.69 Å². The van der Waals surface area contributed by atoms with Gasteiger partial charge in [-0.15, -0.1) is 0 Å². The molecule has 31 heavy (non-hydrogen) atoms. The van der Waals surface area contributed by atoms with Gasteiger partial charge in [-0.25, -0.2) is 8.42 Å². The van der Waals surface area contributed by atoms with E-state index in [1.165, 1.54) is 17.3 Å². The molecule has 2 aromatic carbocycles. The molecule has 4 rings (SSSR count). The van der Waals surface area contributed by atoms with Crippen molar-refractivity contribution in [3.63, 3.8) is 0 Å². The molecule has 2 aliphatic rings. The highest BCUT2D eigenvalue weighted by Gasteiger charge is 2.42. The van der Waals surface area contributed by atoms with Crippen LogP contribution in [0.2, 0.25) is 5.02 Å². The summed E-state index contributed by atoms with van der Waals surface area (Å²) in [4.78, 5) is 17.2. The number of amidine groups is 1. The molecule has 0 bridgehead atoms. The van der Waals surface area contributed by atoms with Crippen LogP contribution in [0.15, 0.2) is 53.5 Å². The first-order valence-corrected chi connectivity index (χ1v) is 13.2. The maximum absolute atomic E-state index is 12.7. The molecule has 1 saturated heterocycles. The monoisotopic (exact) mass is 477 g/mol. The van der Waals surface area contributed by atoms with Crippen LogP contribution in [0.3, 0.4) is 0 Å². The predicted octanol–water partition coefficient (Wildman–Crippen LogP) is 3.77. The number of thioether (sulfide) groups is 1. The quantitative estimate of drug-likeness (QED) is 0.661. The normalized spacial score (nSPS) is 22.5. The summed E-state index contributed by atoms with van der Waals surface area (Å²) in [6.07, 6.45) is 1.73. The van der Waals surface area contributed by atoms with Crippen molar-refractivity contribution >= 4 is 50.0 Å². The fraction of sp³-hybridized carbons (Fsp3) is 0.364. The van der Waals surface area contributed by atoms with E-state index >= 15 is 0 Å². The van der Waals surface area contributed by atoms with Crippen LogP contribution in [0, 0.1) is 0 Å². The third kappa shape index (κ3) is 5.61. The number of sulfone groups is 1. The summed E-state index contributed by atoms with van der Waals surface area (Å²) in [6.45, 7) is 1.99. The number of nitrogens with zero attached hydrogens (tertiary/aromatic N) is 1. The second-order valence-electron chi connectivity index (χ2n) is 7.95. The summed E-state index contributed by atoms with van der Waals surface area (Å²) in [7, 11) is -3.00. The van der Waals surface area contributed by atoms with Gasteiger partial charge in [0.05, 0.1) is 28.3 Å². The van der Waals surface area contributed by atoms with E-state index < -0.39 is 9.84 Å². The molecule has 2 heterocycles. The van der Waals surface area contributed by atoms with E-state index in [1.54, 1.807) is 18.2 Å². The zero-order chi connectivity index (χ0) is 22.0. The van der Waals surface area contributed by atoms with Crippen LogP contribution < -0.4 is 10.6 Å². The maximum Gasteiger partial charge on any atom is 0.251 e. The molecule has 0 spiro atoms. The summed E-state index contributed by atoms with van der Waals surface area (Å²) in [5, 5.41) is 7.26. The van der Waals surface area contributed by atoms with Crippen molar-refractivity contribution in [1.29, 1.82) is 0 Å². The standard InChI is InChI=1S/C22H24ClN3O3S2/c1-14(7-8-15-5-3-2-4-6-15)24-21(27)16-9-10-17(23)18(11-16)25-22-26-19-12-31(28,29)13-20(19)30-22/h2-6,9-11,14,19-20H,7-8,12-13H2,1H3,(H,24,27)(H,25,26)/t14-,19-,20+/m1/s1. The van der Waals surface area contributed by atoms with Gasteiger partial charge in [0.25, 0.3) is 5.91 Å². The fourth-order valence-corrected chi connectivity index (χ4v) is 7.53. The molecule has 6 nitrogen and oxygen atoms in total. The van der Waals surface area contributed by atoms with Crippen LogP contribution in [-0.4, -0.2) is 48.3 Å². The van der Waals surface area contributed by atoms with Crippen LogP contribution in [0.5, 0.6) is 0 Å². The van der Waals surface area contributed by atoms with E-state index in [-0.39, 0.29) is 34.7 Å². The van der Waals surface area contributed by atoms with Crippen molar-refractivity contribution in [2.24, 2.45) is 4.99 Å². The van der Waals surface area contributed by atoms with Crippen molar-refractivity contribution in [1.82, 2.24) is 5.32 Å². The number of hydrogen-bond acceptors (Lipinski definition) is 6. The van der Waals surface area contributed by atoms with Gasteiger partial charge < -0.3 is 10.6 Å². The number of rotatable bonds is 6. The smallest absolute Gasteiger partial charge is 0.251 e. The van der Waals surface area contributed by atoms with E-state index in [0.717, 1.165) is 12.8 Å². The van der Waals surface area contributed by atoms with Crippen LogP contribution in [0.25, 0.3) is 0 Å². The van der Waals surface area contributed by atoms with Gasteiger partial charge in [-0.2, -0.15) is 0 Å². The number of amides is 1. The number of aryl methyl sites for hydroxylation is 1. The molecule has 2 N–H and O–H groups in total. The Morgan fingerprint density at radius 1 is 1.23 bits per heavy atom. The Balaban J connectivity index is 1.36. The second kappa shape index (κ2) is 9.22. The lowest BCUT2D eigenvalue weighted by Crippen LogP contribution is -2.33. The predicted molar refractivity (Wildman–Crippen MR) is 128 cm³/mol. The average molecular weight is 478 g/mol. The van der Waals surface area contributed by atoms with Crippen LogP contribution >= 0.6 is 23.4 Å². The minimum atomic E-state index is -3.00. The molecule has 2 aliphatic heterocycles. The summed E-state index contributed by atoms with van der Waals surface area (Å²) in [5.74, 6) is 0.0743. The van der Waals surface area contributed by atoms with Gasteiger partial charge >= 0.3 is 0 Å². The zero-order valence-electron chi connectivity index (χ0n) is 17.0. The molecule has 0 unspecified atom stereocenters. The fourth-order valence-electron chi connectivity index (χ4n) is 3.70. The first-order valence-electron chi connectivity index (χ1n) is 10.2. The molecule has 9 heteroatoms. The molecule has 0 radical (unpaired) electrons. The number of hydrogen-bond donors (Lipinski definition) is 2. The Labute approximate surface area is 191 Å². The van der Waals surface area contributed by atoms with Gasteiger partial charge in [0.1, 0.15) is 0 Å². The van der Waals surface area contributed by atoms with Gasteiger partial charge in [-0.05, 0) is 43.5 Å². The average Bonchev–Trinajstić information content (AvgIpc) is 3.21. The number of aliphatic imine (C=N–C) groups is 1. The van der Waals surface area contributed by atoms with Crippen LogP contribution in [0.1, 0.15) is 29.3 Å². The number of halogens is 1. The van der Waals surface area contributed by atoms with E-state index in [2.05, 4.69) is 27.8 Å². The van der Waals surface area contributed by atoms with Crippen molar-refractivity contribution in [2.45, 2.75) is 37.1 Å². The molecule has 3 atom stereocenters. The zero-order valence-corrected chi connectivity index (χ0v) is 19.4. The van der Waals surface area contributed by atoms with E-state index in [0.29, 0.717) is 21.4 Å². The Kier molecular flexibility index (Phi) is 6.60. The van der Waals surface area contributed by atoms with Crippen molar-refractivity contribution in [2.75, 3.05) is 16.8 Å². The van der Waals surface area contributed by atoms with E-state index in [9.17, 15) is 13.2 Å². The SMILES string of the molecule is C[C@H](CCc1ccccc1)NC(=O)c1ccc(Cl)c(NC2=N[C@@H]3CS(=O)(=O)C[C@@H]3S2)c1. The molecule has 0 saturated carbocycles. The molecule has 0 aliphatic carbocycles. The third-order valence-electron chi connectivity index (χ3n) is 5.37. The van der Waals surface area contributed by atoms with Crippen molar-refractivity contribution < 1.29 is 13.2 Å². The third-order valence-corrected chi connectivity index (χ3v) is 8.85. The molecular weight excluding hydrogens is 454 g/mol. The van der Waals surface area contributed by atoms with Gasteiger partial charge in [-0.3, -0.25) is 9.79 Å². The highest BCUT2D eigenvalue weighted by molar-refractivity contribution is 8.15. The van der Waals surface area contributed by atoms with Crippen molar-refractivity contribution in [3.8, 4) is 0 Å². The second-order valence-corrected chi connectivity index (χ2v) is 11.7. The molecular formula is C22H24ClN3O3S2. The maximum atomic E-state index is 12.7. The minimum Gasteiger partial charge on any atom is -0.350 e. The topological polar surface area (TPSA) is 87.6 Å². The van der Waals surface area contributed by atoms with Gasteiger partial charge in [0.15, 0.2) is 15.0 Å². The molecule has 2 aromatic rings. The first kappa shape index (κ1) is 22.2. The minimum absolute atomic E-state index is 0.0240. The Hall–Kier alpha value is -2.03. The summed E-state index contributed by atoms with van der Waals surface area (Å²) in [5.41, 5.74) is 2.33. The Bertz CT molecular complexity index is 1110. The van der Waals surface area contributed by atoms with Gasteiger partial charge in [0.2, 0.25) is 0 Å².